The minimum Gasteiger partial charge on any atom is -0.383 e. The van der Waals surface area contributed by atoms with Gasteiger partial charge in [-0.25, -0.2) is 4.98 Å². The van der Waals surface area contributed by atoms with Gasteiger partial charge in [-0.15, -0.1) is 0 Å². The highest BCUT2D eigenvalue weighted by molar-refractivity contribution is 6.30. The number of morpholine rings is 1. The Bertz CT molecular complexity index is 427. The molecule has 4 N–H and O–H groups in total. The van der Waals surface area contributed by atoms with Crippen molar-refractivity contribution in [3.05, 3.63) is 22.8 Å². The van der Waals surface area contributed by atoms with Crippen molar-refractivity contribution in [2.24, 2.45) is 5.73 Å². The van der Waals surface area contributed by atoms with E-state index in [4.69, 9.17) is 27.8 Å². The van der Waals surface area contributed by atoms with Gasteiger partial charge in [-0.3, -0.25) is 4.90 Å². The Hall–Kier alpha value is -0.880. The van der Waals surface area contributed by atoms with Crippen molar-refractivity contribution in [3.8, 4) is 0 Å². The smallest absolute Gasteiger partial charge is 0.128 e. The first-order valence-electron chi connectivity index (χ1n) is 6.62. The van der Waals surface area contributed by atoms with Gasteiger partial charge in [0.25, 0.3) is 0 Å². The minimum absolute atomic E-state index is 0.0668. The number of aromatic nitrogens is 1. The monoisotopic (exact) mass is 284 g/mol. The van der Waals surface area contributed by atoms with Crippen LogP contribution in [0.2, 0.25) is 5.02 Å². The maximum Gasteiger partial charge on any atom is 0.128 e. The molecule has 1 aromatic heterocycles. The molecule has 5 nitrogen and oxygen atoms in total. The van der Waals surface area contributed by atoms with Crippen molar-refractivity contribution in [1.29, 1.82) is 0 Å². The van der Waals surface area contributed by atoms with Crippen molar-refractivity contribution in [1.82, 2.24) is 9.88 Å². The summed E-state index contributed by atoms with van der Waals surface area (Å²) in [5, 5.41) is 0.542. The van der Waals surface area contributed by atoms with Crippen molar-refractivity contribution < 1.29 is 4.74 Å². The van der Waals surface area contributed by atoms with Gasteiger partial charge in [-0.1, -0.05) is 18.5 Å². The average molecular weight is 285 g/mol. The van der Waals surface area contributed by atoms with Crippen LogP contribution in [-0.4, -0.2) is 42.2 Å². The molecule has 19 heavy (non-hydrogen) atoms. The fourth-order valence-electron chi connectivity index (χ4n) is 2.40. The predicted molar refractivity (Wildman–Crippen MR) is 77.1 cm³/mol. The molecule has 0 spiro atoms. The van der Waals surface area contributed by atoms with Crippen molar-refractivity contribution in [2.75, 3.05) is 32.0 Å². The van der Waals surface area contributed by atoms with Gasteiger partial charge in [0, 0.05) is 24.8 Å². The Labute approximate surface area is 118 Å². The van der Waals surface area contributed by atoms with E-state index in [1.165, 1.54) is 6.20 Å². The van der Waals surface area contributed by atoms with Crippen LogP contribution in [0.1, 0.15) is 24.9 Å². The van der Waals surface area contributed by atoms with Crippen LogP contribution in [0.5, 0.6) is 0 Å². The van der Waals surface area contributed by atoms with E-state index in [2.05, 4.69) is 16.8 Å². The number of halogens is 1. The first kappa shape index (κ1) is 14.5. The second-order valence-electron chi connectivity index (χ2n) is 4.86. The van der Waals surface area contributed by atoms with Crippen LogP contribution in [0.4, 0.5) is 5.82 Å². The third kappa shape index (κ3) is 3.57. The SMILES string of the molecule is CCCN1CCOC(C(N)c2cc(Cl)cnc2N)C1. The van der Waals surface area contributed by atoms with Gasteiger partial charge in [0.1, 0.15) is 5.82 Å². The highest BCUT2D eigenvalue weighted by Crippen LogP contribution is 2.26. The molecule has 0 radical (unpaired) electrons. The molecule has 1 saturated heterocycles. The molecular formula is C13H21ClN4O. The predicted octanol–water partition coefficient (Wildman–Crippen LogP) is 1.43. The first-order valence-corrected chi connectivity index (χ1v) is 7.00. The van der Waals surface area contributed by atoms with E-state index in [9.17, 15) is 0 Å². The minimum atomic E-state index is -0.300. The molecule has 2 rings (SSSR count). The summed E-state index contributed by atoms with van der Waals surface area (Å²) in [6, 6.07) is 1.47. The van der Waals surface area contributed by atoms with E-state index in [0.717, 1.165) is 31.6 Å². The summed E-state index contributed by atoms with van der Waals surface area (Å²) in [5.74, 6) is 0.424. The van der Waals surface area contributed by atoms with E-state index in [1.54, 1.807) is 6.07 Å². The van der Waals surface area contributed by atoms with Crippen molar-refractivity contribution in [3.63, 3.8) is 0 Å². The lowest BCUT2D eigenvalue weighted by molar-refractivity contribution is -0.0407. The molecule has 0 aliphatic carbocycles. The summed E-state index contributed by atoms with van der Waals surface area (Å²) < 4.78 is 5.77. The fraction of sp³-hybridized carbons (Fsp3) is 0.615. The third-order valence-corrected chi connectivity index (χ3v) is 3.60. The normalized spacial score (nSPS) is 22.4. The van der Waals surface area contributed by atoms with Crippen LogP contribution in [0.3, 0.4) is 0 Å². The van der Waals surface area contributed by atoms with Gasteiger partial charge < -0.3 is 16.2 Å². The Morgan fingerprint density at radius 3 is 3.16 bits per heavy atom. The van der Waals surface area contributed by atoms with Gasteiger partial charge in [-0.05, 0) is 19.0 Å². The molecule has 0 saturated carbocycles. The molecule has 2 heterocycles. The molecule has 1 fully saturated rings. The number of pyridine rings is 1. The Balaban J connectivity index is 2.10. The van der Waals surface area contributed by atoms with Gasteiger partial charge in [0.05, 0.1) is 23.8 Å². The molecule has 1 aliphatic rings. The van der Waals surface area contributed by atoms with Gasteiger partial charge in [-0.2, -0.15) is 0 Å². The molecular weight excluding hydrogens is 264 g/mol. The number of nitrogens with zero attached hydrogens (tertiary/aromatic N) is 2. The van der Waals surface area contributed by atoms with E-state index >= 15 is 0 Å². The van der Waals surface area contributed by atoms with Gasteiger partial charge in [0.2, 0.25) is 0 Å². The maximum atomic E-state index is 6.27. The number of hydrogen-bond acceptors (Lipinski definition) is 5. The van der Waals surface area contributed by atoms with Gasteiger partial charge in [0.15, 0.2) is 0 Å². The molecule has 0 bridgehead atoms. The zero-order valence-electron chi connectivity index (χ0n) is 11.2. The van der Waals surface area contributed by atoms with E-state index in [0.29, 0.717) is 17.4 Å². The number of ether oxygens (including phenoxy) is 1. The third-order valence-electron chi connectivity index (χ3n) is 3.39. The Kier molecular flexibility index (Phi) is 4.99. The summed E-state index contributed by atoms with van der Waals surface area (Å²) in [5.41, 5.74) is 12.9. The number of hydrogen-bond donors (Lipinski definition) is 2. The van der Waals surface area contributed by atoms with Crippen LogP contribution in [0, 0.1) is 0 Å². The lowest BCUT2D eigenvalue weighted by Gasteiger charge is -2.35. The van der Waals surface area contributed by atoms with Crippen LogP contribution < -0.4 is 11.5 Å². The summed E-state index contributed by atoms with van der Waals surface area (Å²) in [6.45, 7) is 5.71. The van der Waals surface area contributed by atoms with Gasteiger partial charge >= 0.3 is 0 Å². The summed E-state index contributed by atoms with van der Waals surface area (Å²) in [6.07, 6.45) is 2.59. The average Bonchev–Trinajstić information content (AvgIpc) is 2.41. The zero-order valence-corrected chi connectivity index (χ0v) is 11.9. The van der Waals surface area contributed by atoms with E-state index in [1.807, 2.05) is 0 Å². The van der Waals surface area contributed by atoms with Crippen molar-refractivity contribution in [2.45, 2.75) is 25.5 Å². The Morgan fingerprint density at radius 1 is 1.63 bits per heavy atom. The largest absolute Gasteiger partial charge is 0.383 e. The molecule has 0 aromatic carbocycles. The topological polar surface area (TPSA) is 77.4 Å². The number of anilines is 1. The number of nitrogen functional groups attached to an aromatic ring is 1. The zero-order chi connectivity index (χ0) is 13.8. The number of rotatable bonds is 4. The first-order chi connectivity index (χ1) is 9.11. The van der Waals surface area contributed by atoms with Crippen LogP contribution in [-0.2, 0) is 4.74 Å². The maximum absolute atomic E-state index is 6.27. The molecule has 1 aromatic rings. The van der Waals surface area contributed by atoms with E-state index in [-0.39, 0.29) is 12.1 Å². The molecule has 2 atom stereocenters. The van der Waals surface area contributed by atoms with Crippen LogP contribution in [0.15, 0.2) is 12.3 Å². The number of nitrogens with two attached hydrogens (primary N) is 2. The second-order valence-corrected chi connectivity index (χ2v) is 5.30. The standard InChI is InChI=1S/C13H21ClN4O/c1-2-3-18-4-5-19-11(8-18)12(15)10-6-9(14)7-17-13(10)16/h6-7,11-12H,2-5,8,15H2,1H3,(H2,16,17). The molecule has 6 heteroatoms. The fourth-order valence-corrected chi connectivity index (χ4v) is 2.57. The summed E-state index contributed by atoms with van der Waals surface area (Å²) >= 11 is 5.95. The van der Waals surface area contributed by atoms with Crippen LogP contribution in [0.25, 0.3) is 0 Å². The lowest BCUT2D eigenvalue weighted by Crippen LogP contribution is -2.47. The van der Waals surface area contributed by atoms with Crippen LogP contribution >= 0.6 is 11.6 Å². The molecule has 1 aliphatic heterocycles. The van der Waals surface area contributed by atoms with E-state index < -0.39 is 0 Å². The molecule has 0 amide bonds. The molecule has 2 unspecified atom stereocenters. The summed E-state index contributed by atoms with van der Waals surface area (Å²) in [7, 11) is 0. The van der Waals surface area contributed by atoms with Crippen molar-refractivity contribution >= 4 is 17.4 Å². The highest BCUT2D eigenvalue weighted by atomic mass is 35.5. The quantitative estimate of drug-likeness (QED) is 0.874. The molecule has 106 valence electrons. The summed E-state index contributed by atoms with van der Waals surface area (Å²) in [4.78, 5) is 6.41. The lowest BCUT2D eigenvalue weighted by atomic mass is 10.0. The second kappa shape index (κ2) is 6.52. The highest BCUT2D eigenvalue weighted by Gasteiger charge is 2.28. The Morgan fingerprint density at radius 2 is 2.42 bits per heavy atom.